The molecule has 0 aromatic heterocycles. The molecule has 1 N–H and O–H groups in total. The van der Waals surface area contributed by atoms with Crippen molar-refractivity contribution in [1.82, 2.24) is 0 Å². The third-order valence-electron chi connectivity index (χ3n) is 4.05. The number of rotatable bonds is 8. The zero-order valence-electron chi connectivity index (χ0n) is 14.3. The molecule has 0 amide bonds. The van der Waals surface area contributed by atoms with Crippen LogP contribution in [0.5, 0.6) is 11.5 Å². The molecule has 3 nitrogen and oxygen atoms in total. The normalized spacial score (nSPS) is 14.6. The molecule has 0 spiro atoms. The molecule has 0 saturated heterocycles. The Morgan fingerprint density at radius 1 is 1.24 bits per heavy atom. The van der Waals surface area contributed by atoms with Gasteiger partial charge in [-0.1, -0.05) is 33.3 Å². The monoisotopic (exact) mass is 294 g/mol. The molecule has 0 radical (unpaired) electrons. The molecule has 0 aliphatic rings. The second-order valence-electron chi connectivity index (χ2n) is 6.48. The summed E-state index contributed by atoms with van der Waals surface area (Å²) in [4.78, 5) is 0. The van der Waals surface area contributed by atoms with Crippen LogP contribution in [0, 0.1) is 5.92 Å². The summed E-state index contributed by atoms with van der Waals surface area (Å²) in [7, 11) is 1.65. The second-order valence-corrected chi connectivity index (χ2v) is 6.48. The summed E-state index contributed by atoms with van der Waals surface area (Å²) in [5.74, 6) is 2.13. The fourth-order valence-corrected chi connectivity index (χ4v) is 2.33. The van der Waals surface area contributed by atoms with E-state index in [2.05, 4.69) is 13.8 Å². The highest BCUT2D eigenvalue weighted by molar-refractivity contribution is 5.43. The number of ether oxygens (including phenoxy) is 2. The summed E-state index contributed by atoms with van der Waals surface area (Å²) in [5.41, 5.74) is 0.213. The number of benzene rings is 1. The Morgan fingerprint density at radius 2 is 1.90 bits per heavy atom. The Bertz CT molecular complexity index is 435. The van der Waals surface area contributed by atoms with Gasteiger partial charge < -0.3 is 14.6 Å². The van der Waals surface area contributed by atoms with Crippen LogP contribution in [-0.4, -0.2) is 24.4 Å². The van der Waals surface area contributed by atoms with E-state index in [1.165, 1.54) is 12.8 Å². The lowest BCUT2D eigenvalue weighted by molar-refractivity contribution is 0.0550. The molecule has 0 aliphatic heterocycles. The first-order valence-corrected chi connectivity index (χ1v) is 7.82. The quantitative estimate of drug-likeness (QED) is 0.773. The van der Waals surface area contributed by atoms with Crippen LogP contribution in [0.1, 0.15) is 58.9 Å². The predicted molar refractivity (Wildman–Crippen MR) is 87.3 cm³/mol. The standard InChI is InChI=1S/C18H30O3/c1-7-8-13(2)12-21-15-9-10-16(17(11-15)20-6)14(3)18(4,5)19/h9-11,13-14,19H,7-8,12H2,1-6H3/t13?,14-/m1/s1. The van der Waals surface area contributed by atoms with Gasteiger partial charge in [0.1, 0.15) is 11.5 Å². The van der Waals surface area contributed by atoms with Crippen LogP contribution in [0.15, 0.2) is 18.2 Å². The second kappa shape index (κ2) is 7.69. The third kappa shape index (κ3) is 5.24. The van der Waals surface area contributed by atoms with Crippen molar-refractivity contribution in [3.63, 3.8) is 0 Å². The summed E-state index contributed by atoms with van der Waals surface area (Å²) in [6.07, 6.45) is 2.35. The Morgan fingerprint density at radius 3 is 2.43 bits per heavy atom. The van der Waals surface area contributed by atoms with Crippen molar-refractivity contribution in [2.75, 3.05) is 13.7 Å². The molecular formula is C18H30O3. The maximum Gasteiger partial charge on any atom is 0.126 e. The van der Waals surface area contributed by atoms with E-state index >= 15 is 0 Å². The maximum atomic E-state index is 10.2. The van der Waals surface area contributed by atoms with Crippen LogP contribution in [0.2, 0.25) is 0 Å². The van der Waals surface area contributed by atoms with Gasteiger partial charge in [0.15, 0.2) is 0 Å². The first-order chi connectivity index (χ1) is 9.79. The Hall–Kier alpha value is -1.22. The van der Waals surface area contributed by atoms with Gasteiger partial charge >= 0.3 is 0 Å². The molecule has 0 heterocycles. The van der Waals surface area contributed by atoms with Crippen molar-refractivity contribution >= 4 is 0 Å². The van der Waals surface area contributed by atoms with E-state index < -0.39 is 5.60 Å². The fourth-order valence-electron chi connectivity index (χ4n) is 2.33. The predicted octanol–water partition coefficient (Wildman–Crippen LogP) is 4.38. The van der Waals surface area contributed by atoms with E-state index in [9.17, 15) is 5.11 Å². The third-order valence-corrected chi connectivity index (χ3v) is 4.05. The summed E-state index contributed by atoms with van der Waals surface area (Å²) in [6, 6.07) is 5.86. The first-order valence-electron chi connectivity index (χ1n) is 7.82. The van der Waals surface area contributed by atoms with E-state index in [-0.39, 0.29) is 5.92 Å². The highest BCUT2D eigenvalue weighted by Gasteiger charge is 2.26. The zero-order valence-corrected chi connectivity index (χ0v) is 14.3. The van der Waals surface area contributed by atoms with Crippen molar-refractivity contribution in [3.8, 4) is 11.5 Å². The SMILES string of the molecule is CCCC(C)COc1ccc([C@@H](C)C(C)(C)O)c(OC)c1. The topological polar surface area (TPSA) is 38.7 Å². The van der Waals surface area contributed by atoms with Gasteiger partial charge in [-0.25, -0.2) is 0 Å². The lowest BCUT2D eigenvalue weighted by Gasteiger charge is -2.27. The number of methoxy groups -OCH3 is 1. The largest absolute Gasteiger partial charge is 0.496 e. The molecule has 120 valence electrons. The Balaban J connectivity index is 2.84. The van der Waals surface area contributed by atoms with E-state index in [4.69, 9.17) is 9.47 Å². The van der Waals surface area contributed by atoms with E-state index in [1.54, 1.807) is 7.11 Å². The minimum absolute atomic E-state index is 0.0134. The highest BCUT2D eigenvalue weighted by atomic mass is 16.5. The smallest absolute Gasteiger partial charge is 0.126 e. The Kier molecular flexibility index (Phi) is 6.53. The van der Waals surface area contributed by atoms with Gasteiger partial charge in [-0.3, -0.25) is 0 Å². The van der Waals surface area contributed by atoms with Crippen molar-refractivity contribution in [2.45, 2.75) is 59.0 Å². The van der Waals surface area contributed by atoms with Gasteiger partial charge in [-0.05, 0) is 32.3 Å². The lowest BCUT2D eigenvalue weighted by Crippen LogP contribution is -2.27. The fraction of sp³-hybridized carbons (Fsp3) is 0.667. The summed E-state index contributed by atoms with van der Waals surface area (Å²) >= 11 is 0. The molecule has 3 heteroatoms. The molecule has 1 aromatic rings. The van der Waals surface area contributed by atoms with Gasteiger partial charge in [0.05, 0.1) is 19.3 Å². The summed E-state index contributed by atoms with van der Waals surface area (Å²) in [5, 5.41) is 10.2. The molecule has 21 heavy (non-hydrogen) atoms. The molecule has 2 atom stereocenters. The van der Waals surface area contributed by atoms with Crippen LogP contribution in [0.25, 0.3) is 0 Å². The van der Waals surface area contributed by atoms with Crippen molar-refractivity contribution < 1.29 is 14.6 Å². The maximum absolute atomic E-state index is 10.2. The van der Waals surface area contributed by atoms with E-state index in [1.807, 2.05) is 39.0 Å². The van der Waals surface area contributed by atoms with Crippen molar-refractivity contribution in [2.24, 2.45) is 5.92 Å². The first kappa shape index (κ1) is 17.8. The van der Waals surface area contributed by atoms with Gasteiger partial charge in [0, 0.05) is 17.5 Å². The number of hydrogen-bond donors (Lipinski definition) is 1. The average molecular weight is 294 g/mol. The molecule has 1 aromatic carbocycles. The highest BCUT2D eigenvalue weighted by Crippen LogP contribution is 2.36. The molecule has 1 unspecified atom stereocenters. The minimum Gasteiger partial charge on any atom is -0.496 e. The zero-order chi connectivity index (χ0) is 16.0. The van der Waals surface area contributed by atoms with E-state index in [0.717, 1.165) is 23.7 Å². The van der Waals surface area contributed by atoms with Crippen LogP contribution in [0.3, 0.4) is 0 Å². The summed E-state index contributed by atoms with van der Waals surface area (Å²) < 4.78 is 11.3. The molecule has 0 saturated carbocycles. The number of aliphatic hydroxyl groups is 1. The van der Waals surface area contributed by atoms with Crippen LogP contribution >= 0.6 is 0 Å². The summed E-state index contributed by atoms with van der Waals surface area (Å²) in [6.45, 7) is 10.7. The molecular weight excluding hydrogens is 264 g/mol. The van der Waals surface area contributed by atoms with Crippen molar-refractivity contribution in [3.05, 3.63) is 23.8 Å². The molecule has 0 bridgehead atoms. The molecule has 1 rings (SSSR count). The van der Waals surface area contributed by atoms with Crippen LogP contribution < -0.4 is 9.47 Å². The lowest BCUT2D eigenvalue weighted by atomic mass is 9.86. The minimum atomic E-state index is -0.786. The van der Waals surface area contributed by atoms with Crippen LogP contribution in [-0.2, 0) is 0 Å². The van der Waals surface area contributed by atoms with Gasteiger partial charge in [-0.15, -0.1) is 0 Å². The van der Waals surface area contributed by atoms with Gasteiger partial charge in [-0.2, -0.15) is 0 Å². The number of hydrogen-bond acceptors (Lipinski definition) is 3. The van der Waals surface area contributed by atoms with Gasteiger partial charge in [0.25, 0.3) is 0 Å². The van der Waals surface area contributed by atoms with Crippen molar-refractivity contribution in [1.29, 1.82) is 0 Å². The van der Waals surface area contributed by atoms with E-state index in [0.29, 0.717) is 5.92 Å². The molecule has 0 aliphatic carbocycles. The molecule has 0 fully saturated rings. The van der Waals surface area contributed by atoms with Crippen LogP contribution in [0.4, 0.5) is 0 Å². The average Bonchev–Trinajstić information content (AvgIpc) is 2.43. The van der Waals surface area contributed by atoms with Gasteiger partial charge in [0.2, 0.25) is 0 Å². The Labute approximate surface area is 129 Å².